The molecule has 0 aromatic rings. The van der Waals surface area contributed by atoms with Crippen LogP contribution in [0.1, 0.15) is 20.3 Å². The predicted octanol–water partition coefficient (Wildman–Crippen LogP) is 4.29. The molecule has 1 heterocycles. The highest BCUT2D eigenvalue weighted by molar-refractivity contribution is 8.04. The first-order chi connectivity index (χ1) is 6.20. The van der Waals surface area contributed by atoms with Gasteiger partial charge in [-0.3, -0.25) is 0 Å². The Labute approximate surface area is 85.1 Å². The van der Waals surface area contributed by atoms with Gasteiger partial charge in [-0.25, -0.2) is 0 Å². The van der Waals surface area contributed by atoms with E-state index >= 15 is 0 Å². The molecular weight excluding hydrogens is 176 g/mol. The fraction of sp³-hybridized carbons (Fsp3) is 0.333. The van der Waals surface area contributed by atoms with Gasteiger partial charge in [0, 0.05) is 0 Å². The lowest BCUT2D eigenvalue weighted by Gasteiger charge is -2.10. The summed E-state index contributed by atoms with van der Waals surface area (Å²) in [7, 11) is 0. The van der Waals surface area contributed by atoms with Gasteiger partial charge < -0.3 is 0 Å². The average molecular weight is 192 g/mol. The second-order valence-electron chi connectivity index (χ2n) is 3.59. The van der Waals surface area contributed by atoms with E-state index in [1.165, 1.54) is 5.57 Å². The lowest BCUT2D eigenvalue weighted by atomic mass is 9.98. The van der Waals surface area contributed by atoms with Crippen molar-refractivity contribution in [2.24, 2.45) is 5.92 Å². The molecule has 0 radical (unpaired) electrons. The Bertz CT molecular complexity index is 267. The average Bonchev–Trinajstić information content (AvgIpc) is 2.04. The van der Waals surface area contributed by atoms with Crippen molar-refractivity contribution in [1.82, 2.24) is 0 Å². The number of hydrogen-bond donors (Lipinski definition) is 0. The largest absolute Gasteiger partial charge is 0.106 e. The molecule has 1 aliphatic rings. The van der Waals surface area contributed by atoms with Crippen molar-refractivity contribution >= 4 is 11.8 Å². The first-order valence-corrected chi connectivity index (χ1v) is 5.51. The summed E-state index contributed by atoms with van der Waals surface area (Å²) in [6.07, 6.45) is 7.27. The van der Waals surface area contributed by atoms with Crippen LogP contribution < -0.4 is 0 Å². The van der Waals surface area contributed by atoms with E-state index in [4.69, 9.17) is 0 Å². The highest BCUT2D eigenvalue weighted by atomic mass is 32.2. The molecule has 70 valence electrons. The molecule has 0 saturated heterocycles. The summed E-state index contributed by atoms with van der Waals surface area (Å²) in [6.45, 7) is 8.51. The Morgan fingerprint density at radius 1 is 1.38 bits per heavy atom. The molecule has 0 amide bonds. The third-order valence-electron chi connectivity index (χ3n) is 1.82. The molecule has 0 fully saturated rings. The van der Waals surface area contributed by atoms with Gasteiger partial charge in [0.1, 0.15) is 0 Å². The summed E-state index contributed by atoms with van der Waals surface area (Å²) in [5.41, 5.74) is 2.51. The molecule has 0 bridgehead atoms. The minimum atomic E-state index is 0.695. The molecule has 0 saturated carbocycles. The van der Waals surface area contributed by atoms with E-state index in [2.05, 4.69) is 37.3 Å². The van der Waals surface area contributed by atoms with E-state index in [1.807, 2.05) is 12.2 Å². The molecule has 0 spiro atoms. The van der Waals surface area contributed by atoms with E-state index in [0.717, 1.165) is 12.0 Å². The van der Waals surface area contributed by atoms with Gasteiger partial charge in [0.25, 0.3) is 0 Å². The summed E-state index contributed by atoms with van der Waals surface area (Å²) in [6, 6.07) is 0. The molecule has 0 aromatic heterocycles. The predicted molar refractivity (Wildman–Crippen MR) is 62.5 cm³/mol. The van der Waals surface area contributed by atoms with Gasteiger partial charge in [0.2, 0.25) is 0 Å². The van der Waals surface area contributed by atoms with Gasteiger partial charge in [-0.15, -0.1) is 11.8 Å². The molecule has 0 aliphatic carbocycles. The summed E-state index contributed by atoms with van der Waals surface area (Å²) in [5, 5.41) is 4.28. The van der Waals surface area contributed by atoms with Crippen molar-refractivity contribution in [3.8, 4) is 0 Å². The number of hydrogen-bond acceptors (Lipinski definition) is 1. The van der Waals surface area contributed by atoms with Crippen molar-refractivity contribution in [2.45, 2.75) is 20.3 Å². The van der Waals surface area contributed by atoms with Crippen LogP contribution in [0.15, 0.2) is 46.8 Å². The van der Waals surface area contributed by atoms with Crippen LogP contribution >= 0.6 is 11.8 Å². The van der Waals surface area contributed by atoms with E-state index in [0.29, 0.717) is 5.92 Å². The van der Waals surface area contributed by atoms with Crippen LogP contribution in [0.4, 0.5) is 0 Å². The molecule has 1 rings (SSSR count). The van der Waals surface area contributed by atoms with Gasteiger partial charge in [0.15, 0.2) is 0 Å². The van der Waals surface area contributed by atoms with Crippen molar-refractivity contribution in [3.63, 3.8) is 0 Å². The summed E-state index contributed by atoms with van der Waals surface area (Å²) in [5.74, 6) is 0.695. The minimum absolute atomic E-state index is 0.695. The van der Waals surface area contributed by atoms with Gasteiger partial charge in [0.05, 0.1) is 0 Å². The highest BCUT2D eigenvalue weighted by Gasteiger charge is 2.03. The number of thioether (sulfide) groups is 1. The first kappa shape index (κ1) is 10.4. The van der Waals surface area contributed by atoms with Crippen LogP contribution in [0.3, 0.4) is 0 Å². The second-order valence-corrected chi connectivity index (χ2v) is 4.37. The van der Waals surface area contributed by atoms with Gasteiger partial charge in [-0.2, -0.15) is 0 Å². The normalized spacial score (nSPS) is 22.1. The topological polar surface area (TPSA) is 0 Å². The van der Waals surface area contributed by atoms with Crippen LogP contribution in [0.2, 0.25) is 0 Å². The molecule has 1 heteroatoms. The maximum Gasteiger partial charge on any atom is -0.0210 e. The van der Waals surface area contributed by atoms with Crippen molar-refractivity contribution in [1.29, 1.82) is 0 Å². The third-order valence-corrected chi connectivity index (χ3v) is 2.55. The van der Waals surface area contributed by atoms with Crippen molar-refractivity contribution in [3.05, 3.63) is 46.8 Å². The maximum atomic E-state index is 4.05. The van der Waals surface area contributed by atoms with Crippen LogP contribution in [-0.4, -0.2) is 0 Å². The monoisotopic (exact) mass is 192 g/mol. The molecule has 0 unspecified atom stereocenters. The van der Waals surface area contributed by atoms with E-state index in [1.54, 1.807) is 11.8 Å². The Hall–Kier alpha value is -0.690. The second kappa shape index (κ2) is 5.13. The third kappa shape index (κ3) is 3.69. The Balaban J connectivity index is 2.74. The standard InChI is InChI=1S/C12H16S/c1-10(2)8-12-9-13-7-5-4-6-11(12)3/h4-7,9-10H,3,8H2,1-2H3/b6-4-,7-5-,12-9?. The van der Waals surface area contributed by atoms with Gasteiger partial charge in [-0.1, -0.05) is 38.7 Å². The van der Waals surface area contributed by atoms with Crippen LogP contribution in [-0.2, 0) is 0 Å². The molecule has 0 N–H and O–H groups in total. The smallest absolute Gasteiger partial charge is 0.0210 e. The number of rotatable bonds is 2. The zero-order valence-electron chi connectivity index (χ0n) is 8.29. The van der Waals surface area contributed by atoms with Gasteiger partial charge in [-0.05, 0) is 34.3 Å². The molecule has 0 nitrogen and oxygen atoms in total. The first-order valence-electron chi connectivity index (χ1n) is 4.57. The van der Waals surface area contributed by atoms with E-state index in [-0.39, 0.29) is 0 Å². The zero-order valence-corrected chi connectivity index (χ0v) is 9.10. The Morgan fingerprint density at radius 2 is 2.15 bits per heavy atom. The zero-order chi connectivity index (χ0) is 9.68. The fourth-order valence-electron chi connectivity index (χ4n) is 1.19. The fourth-order valence-corrected chi connectivity index (χ4v) is 1.86. The summed E-state index contributed by atoms with van der Waals surface area (Å²) in [4.78, 5) is 0. The van der Waals surface area contributed by atoms with Crippen molar-refractivity contribution in [2.75, 3.05) is 0 Å². The SMILES string of the molecule is C=C1/C=C\C=C/SC=C1CC(C)C. The molecule has 0 atom stereocenters. The van der Waals surface area contributed by atoms with E-state index in [9.17, 15) is 0 Å². The van der Waals surface area contributed by atoms with Crippen LogP contribution in [0, 0.1) is 5.92 Å². The maximum absolute atomic E-state index is 4.05. The molecule has 1 aliphatic heterocycles. The number of allylic oxidation sites excluding steroid dienone is 5. The molecule has 0 aromatic carbocycles. The van der Waals surface area contributed by atoms with E-state index < -0.39 is 0 Å². The summed E-state index contributed by atoms with van der Waals surface area (Å²) >= 11 is 1.73. The van der Waals surface area contributed by atoms with Gasteiger partial charge >= 0.3 is 0 Å². The molecule has 13 heavy (non-hydrogen) atoms. The Morgan fingerprint density at radius 3 is 2.85 bits per heavy atom. The Kier molecular flexibility index (Phi) is 4.10. The lowest BCUT2D eigenvalue weighted by molar-refractivity contribution is 0.648. The van der Waals surface area contributed by atoms with Crippen LogP contribution in [0.5, 0.6) is 0 Å². The van der Waals surface area contributed by atoms with Crippen LogP contribution in [0.25, 0.3) is 0 Å². The highest BCUT2D eigenvalue weighted by Crippen LogP contribution is 2.24. The van der Waals surface area contributed by atoms with Crippen molar-refractivity contribution < 1.29 is 0 Å². The minimum Gasteiger partial charge on any atom is -0.106 e. The lowest BCUT2D eigenvalue weighted by Crippen LogP contribution is -1.93. The quantitative estimate of drug-likeness (QED) is 0.629. The summed E-state index contributed by atoms with van der Waals surface area (Å²) < 4.78 is 0. The molecular formula is C12H16S.